The minimum Gasteiger partial charge on any atom is -0.351 e. The predicted octanol–water partition coefficient (Wildman–Crippen LogP) is 1.77. The van der Waals surface area contributed by atoms with Crippen LogP contribution in [0.4, 0.5) is 5.82 Å². The maximum absolute atomic E-state index is 12.4. The van der Waals surface area contributed by atoms with Crippen LogP contribution in [-0.2, 0) is 21.4 Å². The maximum Gasteiger partial charge on any atom is 0.233 e. The largest absolute Gasteiger partial charge is 0.351 e. The van der Waals surface area contributed by atoms with E-state index in [1.54, 1.807) is 43.3 Å². The molecule has 0 saturated heterocycles. The van der Waals surface area contributed by atoms with Crippen molar-refractivity contribution >= 4 is 21.7 Å². The monoisotopic (exact) mass is 372 g/mol. The number of nitriles is 1. The lowest BCUT2D eigenvalue weighted by atomic mass is 9.99. The molecule has 0 bridgehead atoms. The molecule has 1 aromatic heterocycles. The van der Waals surface area contributed by atoms with Crippen molar-refractivity contribution < 1.29 is 13.2 Å². The molecule has 7 nitrogen and oxygen atoms in total. The fraction of sp³-hybridized carbons (Fsp3) is 0.278. The third-order valence-electron chi connectivity index (χ3n) is 4.05. The Morgan fingerprint density at radius 3 is 2.54 bits per heavy atom. The fourth-order valence-corrected chi connectivity index (χ4v) is 2.82. The van der Waals surface area contributed by atoms with E-state index in [4.69, 9.17) is 5.26 Å². The quantitative estimate of drug-likeness (QED) is 0.832. The number of carbonyl (C=O) groups is 1. The molecule has 1 aromatic carbocycles. The highest BCUT2D eigenvalue weighted by molar-refractivity contribution is 7.92. The predicted molar refractivity (Wildman–Crippen MR) is 98.9 cm³/mol. The summed E-state index contributed by atoms with van der Waals surface area (Å²) in [6.07, 6.45) is 2.60. The molecule has 0 radical (unpaired) electrons. The maximum atomic E-state index is 12.4. The van der Waals surface area contributed by atoms with Crippen LogP contribution in [0, 0.1) is 11.3 Å². The third kappa shape index (κ3) is 4.58. The number of amides is 1. The van der Waals surface area contributed by atoms with Crippen molar-refractivity contribution in [2.45, 2.75) is 19.4 Å². The Labute approximate surface area is 153 Å². The summed E-state index contributed by atoms with van der Waals surface area (Å²) in [6.45, 7) is 1.92. The number of hydrogen-bond acceptors (Lipinski definition) is 5. The van der Waals surface area contributed by atoms with Crippen LogP contribution in [0.5, 0.6) is 0 Å². The van der Waals surface area contributed by atoms with Crippen LogP contribution in [-0.4, -0.2) is 32.6 Å². The van der Waals surface area contributed by atoms with E-state index in [0.717, 1.165) is 16.1 Å². The Balaban J connectivity index is 2.11. The lowest BCUT2D eigenvalue weighted by molar-refractivity contribution is -0.122. The van der Waals surface area contributed by atoms with E-state index in [9.17, 15) is 13.2 Å². The minimum atomic E-state index is -3.45. The molecule has 0 fully saturated rings. The number of benzene rings is 1. The molecule has 1 heterocycles. The highest BCUT2D eigenvalue weighted by atomic mass is 32.2. The van der Waals surface area contributed by atoms with Crippen molar-refractivity contribution in [2.75, 3.05) is 17.6 Å². The smallest absolute Gasteiger partial charge is 0.233 e. The highest BCUT2D eigenvalue weighted by Gasteiger charge is 2.19. The molecule has 136 valence electrons. The van der Waals surface area contributed by atoms with E-state index in [0.29, 0.717) is 11.1 Å². The van der Waals surface area contributed by atoms with Gasteiger partial charge in [-0.25, -0.2) is 13.4 Å². The summed E-state index contributed by atoms with van der Waals surface area (Å²) in [7, 11) is -2.03. The third-order valence-corrected chi connectivity index (χ3v) is 5.22. The molecule has 0 saturated carbocycles. The first-order chi connectivity index (χ1) is 12.2. The summed E-state index contributed by atoms with van der Waals surface area (Å²) in [5, 5.41) is 11.6. The van der Waals surface area contributed by atoms with Crippen molar-refractivity contribution in [1.29, 1.82) is 5.26 Å². The second kappa shape index (κ2) is 7.97. The summed E-state index contributed by atoms with van der Waals surface area (Å²) in [5.41, 5.74) is 1.92. The molecule has 0 spiro atoms. The van der Waals surface area contributed by atoms with Gasteiger partial charge in [0, 0.05) is 25.4 Å². The van der Waals surface area contributed by atoms with Gasteiger partial charge in [0.05, 0.1) is 23.8 Å². The van der Waals surface area contributed by atoms with Crippen LogP contribution in [0.25, 0.3) is 0 Å². The van der Waals surface area contributed by atoms with Gasteiger partial charge in [0.15, 0.2) is 0 Å². The average Bonchev–Trinajstić information content (AvgIpc) is 2.64. The van der Waals surface area contributed by atoms with E-state index in [2.05, 4.69) is 10.3 Å². The van der Waals surface area contributed by atoms with E-state index >= 15 is 0 Å². The van der Waals surface area contributed by atoms with Gasteiger partial charge in [0.25, 0.3) is 0 Å². The Bertz CT molecular complexity index is 934. The SMILES string of the molecule is CC(C(=O)NCc1cccnc1N(C)S(C)(=O)=O)c1ccc(C#N)cc1. The molecular weight excluding hydrogens is 352 g/mol. The highest BCUT2D eigenvalue weighted by Crippen LogP contribution is 2.19. The van der Waals surface area contributed by atoms with Gasteiger partial charge in [-0.1, -0.05) is 18.2 Å². The number of rotatable bonds is 6. The van der Waals surface area contributed by atoms with Gasteiger partial charge in [-0.2, -0.15) is 5.26 Å². The first kappa shape index (κ1) is 19.4. The summed E-state index contributed by atoms with van der Waals surface area (Å²) >= 11 is 0. The fourth-order valence-electron chi connectivity index (χ4n) is 2.34. The van der Waals surface area contributed by atoms with Gasteiger partial charge in [0.1, 0.15) is 5.82 Å². The number of sulfonamides is 1. The van der Waals surface area contributed by atoms with Crippen LogP contribution >= 0.6 is 0 Å². The first-order valence-corrected chi connectivity index (χ1v) is 9.74. The Hall–Kier alpha value is -2.92. The molecule has 2 aromatic rings. The summed E-state index contributed by atoms with van der Waals surface area (Å²) in [4.78, 5) is 16.5. The summed E-state index contributed by atoms with van der Waals surface area (Å²) in [5.74, 6) is -0.330. The number of nitrogens with one attached hydrogen (secondary N) is 1. The molecule has 1 N–H and O–H groups in total. The van der Waals surface area contributed by atoms with Gasteiger partial charge < -0.3 is 5.32 Å². The molecule has 1 unspecified atom stereocenters. The Morgan fingerprint density at radius 1 is 1.31 bits per heavy atom. The van der Waals surface area contributed by atoms with Crippen molar-refractivity contribution in [1.82, 2.24) is 10.3 Å². The van der Waals surface area contributed by atoms with E-state index in [1.807, 2.05) is 6.07 Å². The van der Waals surface area contributed by atoms with Crippen molar-refractivity contribution in [3.05, 3.63) is 59.3 Å². The zero-order chi connectivity index (χ0) is 19.3. The van der Waals surface area contributed by atoms with Crippen LogP contribution in [0.1, 0.15) is 29.5 Å². The van der Waals surface area contributed by atoms with Gasteiger partial charge in [0.2, 0.25) is 15.9 Å². The van der Waals surface area contributed by atoms with Crippen molar-refractivity contribution in [3.63, 3.8) is 0 Å². The van der Waals surface area contributed by atoms with Crippen LogP contribution in [0.3, 0.4) is 0 Å². The normalized spacial score (nSPS) is 12.1. The number of anilines is 1. The zero-order valence-corrected chi connectivity index (χ0v) is 15.6. The van der Waals surface area contributed by atoms with Crippen molar-refractivity contribution in [2.24, 2.45) is 0 Å². The van der Waals surface area contributed by atoms with E-state index in [-0.39, 0.29) is 18.3 Å². The minimum absolute atomic E-state index is 0.155. The van der Waals surface area contributed by atoms with Gasteiger partial charge >= 0.3 is 0 Å². The molecule has 8 heteroatoms. The average molecular weight is 372 g/mol. The summed E-state index contributed by atoms with van der Waals surface area (Å²) < 4.78 is 24.6. The topological polar surface area (TPSA) is 103 Å². The molecule has 1 atom stereocenters. The number of aromatic nitrogens is 1. The Kier molecular flexibility index (Phi) is 5.95. The van der Waals surface area contributed by atoms with Gasteiger partial charge in [-0.15, -0.1) is 0 Å². The molecule has 2 rings (SSSR count). The van der Waals surface area contributed by atoms with Gasteiger partial charge in [-0.3, -0.25) is 9.10 Å². The second-order valence-corrected chi connectivity index (χ2v) is 7.90. The zero-order valence-electron chi connectivity index (χ0n) is 14.8. The van der Waals surface area contributed by atoms with Crippen LogP contribution in [0.2, 0.25) is 0 Å². The summed E-state index contributed by atoms with van der Waals surface area (Å²) in [6, 6.07) is 12.3. The molecule has 0 aliphatic rings. The number of carbonyl (C=O) groups excluding carboxylic acids is 1. The molecular formula is C18H20N4O3S. The van der Waals surface area contributed by atoms with E-state index in [1.165, 1.54) is 13.2 Å². The number of pyridine rings is 1. The standard InChI is InChI=1S/C18H20N4O3S/c1-13(15-8-6-14(11-19)7-9-15)18(23)21-12-16-5-4-10-20-17(16)22(2)26(3,24)25/h4-10,13H,12H2,1-3H3,(H,21,23). The lowest BCUT2D eigenvalue weighted by Gasteiger charge is -2.19. The molecule has 26 heavy (non-hydrogen) atoms. The Morgan fingerprint density at radius 2 is 1.96 bits per heavy atom. The molecule has 0 aliphatic heterocycles. The number of hydrogen-bond donors (Lipinski definition) is 1. The molecule has 0 aliphatic carbocycles. The molecule has 1 amide bonds. The van der Waals surface area contributed by atoms with Crippen LogP contribution < -0.4 is 9.62 Å². The lowest BCUT2D eigenvalue weighted by Crippen LogP contribution is -2.30. The van der Waals surface area contributed by atoms with Gasteiger partial charge in [-0.05, 0) is 30.7 Å². The first-order valence-electron chi connectivity index (χ1n) is 7.89. The second-order valence-electron chi connectivity index (χ2n) is 5.89. The van der Waals surface area contributed by atoms with E-state index < -0.39 is 15.9 Å². The van der Waals surface area contributed by atoms with Crippen molar-refractivity contribution in [3.8, 4) is 6.07 Å². The number of nitrogens with zero attached hydrogens (tertiary/aromatic N) is 3. The van der Waals surface area contributed by atoms with Crippen LogP contribution in [0.15, 0.2) is 42.6 Å².